The van der Waals surface area contributed by atoms with E-state index in [0.717, 1.165) is 44.0 Å². The largest absolute Gasteiger partial charge is 0.496 e. The number of aryl methyl sites for hydroxylation is 1. The van der Waals surface area contributed by atoms with Crippen LogP contribution in [0.25, 0.3) is 0 Å². The molecular formula is C17H22ClN5O2. The van der Waals surface area contributed by atoms with Crippen LogP contribution in [0.5, 0.6) is 5.75 Å². The van der Waals surface area contributed by atoms with Gasteiger partial charge in [-0.1, -0.05) is 11.6 Å². The van der Waals surface area contributed by atoms with E-state index >= 15 is 0 Å². The molecule has 0 N–H and O–H groups in total. The molecule has 0 aliphatic carbocycles. The fraction of sp³-hybridized carbons (Fsp3) is 0.471. The molecule has 0 atom stereocenters. The molecular weight excluding hydrogens is 342 g/mol. The monoisotopic (exact) mass is 363 g/mol. The summed E-state index contributed by atoms with van der Waals surface area (Å²) in [6.45, 7) is 4.48. The Morgan fingerprint density at radius 2 is 2.08 bits per heavy atom. The van der Waals surface area contributed by atoms with Crippen molar-refractivity contribution in [1.29, 1.82) is 0 Å². The summed E-state index contributed by atoms with van der Waals surface area (Å²) in [6.07, 6.45) is 3.56. The number of halogens is 1. The number of benzene rings is 1. The lowest BCUT2D eigenvalue weighted by molar-refractivity contribution is -0.133. The molecule has 1 aliphatic heterocycles. The number of methoxy groups -OCH3 is 1. The van der Waals surface area contributed by atoms with Crippen molar-refractivity contribution in [1.82, 2.24) is 24.6 Å². The van der Waals surface area contributed by atoms with E-state index in [0.29, 0.717) is 18.0 Å². The third-order valence-electron chi connectivity index (χ3n) is 4.38. The van der Waals surface area contributed by atoms with Gasteiger partial charge in [-0.25, -0.2) is 4.98 Å². The van der Waals surface area contributed by atoms with Crippen LogP contribution in [0.2, 0.25) is 5.02 Å². The van der Waals surface area contributed by atoms with Crippen molar-refractivity contribution < 1.29 is 9.53 Å². The summed E-state index contributed by atoms with van der Waals surface area (Å²) in [5.41, 5.74) is 1.07. The zero-order valence-electron chi connectivity index (χ0n) is 14.3. The lowest BCUT2D eigenvalue weighted by Crippen LogP contribution is -2.48. The van der Waals surface area contributed by atoms with E-state index in [2.05, 4.69) is 15.0 Å². The first-order chi connectivity index (χ1) is 12.2. The van der Waals surface area contributed by atoms with E-state index in [1.807, 2.05) is 23.1 Å². The number of nitrogens with zero attached hydrogens (tertiary/aromatic N) is 5. The second-order valence-corrected chi connectivity index (χ2v) is 6.46. The maximum Gasteiger partial charge on any atom is 0.224 e. The van der Waals surface area contributed by atoms with Crippen molar-refractivity contribution in [3.8, 4) is 5.75 Å². The van der Waals surface area contributed by atoms with Crippen LogP contribution in [0.4, 0.5) is 0 Å². The van der Waals surface area contributed by atoms with Gasteiger partial charge in [0.25, 0.3) is 0 Å². The van der Waals surface area contributed by atoms with E-state index < -0.39 is 0 Å². The first-order valence-corrected chi connectivity index (χ1v) is 8.68. The topological polar surface area (TPSA) is 63.5 Å². The Bertz CT molecular complexity index is 699. The van der Waals surface area contributed by atoms with Gasteiger partial charge in [-0.05, 0) is 18.2 Å². The summed E-state index contributed by atoms with van der Waals surface area (Å²) < 4.78 is 7.09. The number of hydrogen-bond acceptors (Lipinski definition) is 5. The van der Waals surface area contributed by atoms with Crippen molar-refractivity contribution in [3.05, 3.63) is 41.4 Å². The number of aromatic nitrogens is 3. The van der Waals surface area contributed by atoms with Gasteiger partial charge in [0.05, 0.1) is 13.7 Å². The number of ether oxygens (including phenoxy) is 1. The Kier molecular flexibility index (Phi) is 5.88. The molecule has 0 bridgehead atoms. The van der Waals surface area contributed by atoms with Crippen molar-refractivity contribution >= 4 is 17.5 Å². The SMILES string of the molecule is COc1ccc(Cl)cc1CN1CCN(C(=O)CCn2cncn2)CC1. The van der Waals surface area contributed by atoms with Gasteiger partial charge in [-0.2, -0.15) is 5.10 Å². The number of amides is 1. The molecule has 8 heteroatoms. The lowest BCUT2D eigenvalue weighted by Gasteiger charge is -2.35. The van der Waals surface area contributed by atoms with E-state index in [1.54, 1.807) is 18.1 Å². The number of carbonyl (C=O) groups excluding carboxylic acids is 1. The molecule has 1 aromatic heterocycles. The highest BCUT2D eigenvalue weighted by Crippen LogP contribution is 2.24. The Hall–Kier alpha value is -2.12. The molecule has 2 aromatic rings. The van der Waals surface area contributed by atoms with Crippen LogP contribution < -0.4 is 4.74 Å². The smallest absolute Gasteiger partial charge is 0.224 e. The minimum Gasteiger partial charge on any atom is -0.496 e. The van der Waals surface area contributed by atoms with Gasteiger partial charge < -0.3 is 9.64 Å². The molecule has 1 fully saturated rings. The van der Waals surface area contributed by atoms with E-state index in [4.69, 9.17) is 16.3 Å². The highest BCUT2D eigenvalue weighted by molar-refractivity contribution is 6.30. The number of rotatable bonds is 6. The molecule has 1 amide bonds. The second-order valence-electron chi connectivity index (χ2n) is 6.02. The fourth-order valence-corrected chi connectivity index (χ4v) is 3.18. The summed E-state index contributed by atoms with van der Waals surface area (Å²) in [7, 11) is 1.67. The molecule has 0 saturated carbocycles. The predicted octanol–water partition coefficient (Wildman–Crippen LogP) is 1.67. The number of hydrogen-bond donors (Lipinski definition) is 0. The molecule has 7 nitrogen and oxygen atoms in total. The van der Waals surface area contributed by atoms with E-state index in [1.165, 1.54) is 6.33 Å². The molecule has 1 saturated heterocycles. The molecule has 1 aromatic carbocycles. The molecule has 0 unspecified atom stereocenters. The van der Waals surface area contributed by atoms with Crippen molar-refractivity contribution in [2.24, 2.45) is 0 Å². The summed E-state index contributed by atoms with van der Waals surface area (Å²) in [6, 6.07) is 5.66. The van der Waals surface area contributed by atoms with Crippen LogP contribution >= 0.6 is 11.6 Å². The number of piperazine rings is 1. The predicted molar refractivity (Wildman–Crippen MR) is 94.5 cm³/mol. The third-order valence-corrected chi connectivity index (χ3v) is 4.62. The van der Waals surface area contributed by atoms with Gasteiger partial charge in [-0.3, -0.25) is 14.4 Å². The first-order valence-electron chi connectivity index (χ1n) is 8.30. The zero-order valence-corrected chi connectivity index (χ0v) is 15.0. The Labute approximate surface area is 152 Å². The average molecular weight is 364 g/mol. The summed E-state index contributed by atoms with van der Waals surface area (Å²) in [5, 5.41) is 4.73. The van der Waals surface area contributed by atoms with Crippen LogP contribution in [-0.4, -0.2) is 63.8 Å². The van der Waals surface area contributed by atoms with Gasteiger partial charge >= 0.3 is 0 Å². The average Bonchev–Trinajstić information content (AvgIpc) is 3.14. The fourth-order valence-electron chi connectivity index (χ4n) is 2.98. The maximum atomic E-state index is 12.3. The number of carbonyl (C=O) groups is 1. The van der Waals surface area contributed by atoms with Crippen LogP contribution in [-0.2, 0) is 17.9 Å². The molecule has 1 aliphatic rings. The standard InChI is InChI=1S/C17H22ClN5O2/c1-25-16-3-2-15(18)10-14(16)11-21-6-8-22(9-7-21)17(24)4-5-23-13-19-12-20-23/h2-3,10,12-13H,4-9,11H2,1H3. The van der Waals surface area contributed by atoms with E-state index in [9.17, 15) is 4.79 Å². The maximum absolute atomic E-state index is 12.3. The highest BCUT2D eigenvalue weighted by Gasteiger charge is 2.21. The Morgan fingerprint density at radius 3 is 2.76 bits per heavy atom. The van der Waals surface area contributed by atoms with Crippen molar-refractivity contribution in [2.75, 3.05) is 33.3 Å². The normalized spacial score (nSPS) is 15.4. The van der Waals surface area contributed by atoms with Crippen molar-refractivity contribution in [3.63, 3.8) is 0 Å². The van der Waals surface area contributed by atoms with Crippen LogP contribution in [0.3, 0.4) is 0 Å². The zero-order chi connectivity index (χ0) is 17.6. The summed E-state index contributed by atoms with van der Waals surface area (Å²) in [4.78, 5) is 20.4. The first kappa shape index (κ1) is 17.7. The molecule has 2 heterocycles. The van der Waals surface area contributed by atoms with E-state index in [-0.39, 0.29) is 5.91 Å². The van der Waals surface area contributed by atoms with Crippen LogP contribution in [0, 0.1) is 0 Å². The lowest BCUT2D eigenvalue weighted by atomic mass is 10.1. The quantitative estimate of drug-likeness (QED) is 0.781. The van der Waals surface area contributed by atoms with Crippen molar-refractivity contribution in [2.45, 2.75) is 19.5 Å². The highest BCUT2D eigenvalue weighted by atomic mass is 35.5. The Balaban J connectivity index is 1.48. The van der Waals surface area contributed by atoms with Gasteiger partial charge in [0.15, 0.2) is 0 Å². The summed E-state index contributed by atoms with van der Waals surface area (Å²) >= 11 is 6.09. The van der Waals surface area contributed by atoms with Crippen LogP contribution in [0.15, 0.2) is 30.9 Å². The molecule has 0 radical (unpaired) electrons. The molecule has 0 spiro atoms. The third kappa shape index (κ3) is 4.70. The van der Waals surface area contributed by atoms with Crippen LogP contribution in [0.1, 0.15) is 12.0 Å². The van der Waals surface area contributed by atoms with Gasteiger partial charge in [-0.15, -0.1) is 0 Å². The Morgan fingerprint density at radius 1 is 1.28 bits per heavy atom. The van der Waals surface area contributed by atoms with Gasteiger partial charge in [0.1, 0.15) is 18.4 Å². The minimum atomic E-state index is 0.162. The molecule has 25 heavy (non-hydrogen) atoms. The summed E-state index contributed by atoms with van der Waals surface area (Å²) in [5.74, 6) is 1.01. The second kappa shape index (κ2) is 8.31. The van der Waals surface area contributed by atoms with Gasteiger partial charge in [0.2, 0.25) is 5.91 Å². The molecule has 134 valence electrons. The molecule has 3 rings (SSSR count). The van der Waals surface area contributed by atoms with Gasteiger partial charge in [0, 0.05) is 49.7 Å². The minimum absolute atomic E-state index is 0.162.